The Hall–Kier alpha value is -3.76. The van der Waals surface area contributed by atoms with Crippen LogP contribution in [0, 0.1) is 26.3 Å². The summed E-state index contributed by atoms with van der Waals surface area (Å²) in [4.78, 5) is 37.2. The molecule has 7 heteroatoms. The summed E-state index contributed by atoms with van der Waals surface area (Å²) < 4.78 is 1.61. The Morgan fingerprint density at radius 2 is 1.77 bits per heavy atom. The van der Waals surface area contributed by atoms with Gasteiger partial charge in [-0.1, -0.05) is 68.4 Å². The molecule has 0 saturated heterocycles. The second-order valence-corrected chi connectivity index (χ2v) is 9.10. The first kappa shape index (κ1) is 25.9. The number of nitrogens with zero attached hydrogens (tertiary/aromatic N) is 4. The molecule has 2 N–H and O–H groups in total. The Kier molecular flexibility index (Phi) is 8.56. The van der Waals surface area contributed by atoms with Crippen LogP contribution in [0.3, 0.4) is 0 Å². The molecule has 1 amide bonds. The average molecular weight is 472 g/mol. The molecule has 1 aromatic heterocycles. The zero-order chi connectivity index (χ0) is 25.5. The SMILES string of the molecule is [C-]#[N+]c1nc(C(C(C)C)N(CCCN)C(=O)c2ccc(C)cc2)n(Cc2ccccc2)c(=O)c1C. The second-order valence-electron chi connectivity index (χ2n) is 9.10. The van der Waals surface area contributed by atoms with E-state index in [1.165, 1.54) is 0 Å². The van der Waals surface area contributed by atoms with Gasteiger partial charge in [-0.05, 0) is 50.4 Å². The van der Waals surface area contributed by atoms with E-state index >= 15 is 0 Å². The van der Waals surface area contributed by atoms with E-state index in [0.717, 1.165) is 11.1 Å². The van der Waals surface area contributed by atoms with E-state index < -0.39 is 6.04 Å². The number of hydrogen-bond donors (Lipinski definition) is 1. The van der Waals surface area contributed by atoms with Crippen LogP contribution in [0.1, 0.15) is 59.2 Å². The molecule has 0 fully saturated rings. The summed E-state index contributed by atoms with van der Waals surface area (Å²) in [5.74, 6) is 0.268. The van der Waals surface area contributed by atoms with E-state index in [4.69, 9.17) is 12.3 Å². The number of aromatic nitrogens is 2. The number of hydrogen-bond acceptors (Lipinski definition) is 4. The van der Waals surface area contributed by atoms with Gasteiger partial charge >= 0.3 is 0 Å². The summed E-state index contributed by atoms with van der Waals surface area (Å²) in [5, 5.41) is 0. The predicted molar refractivity (Wildman–Crippen MR) is 139 cm³/mol. The third-order valence-electron chi connectivity index (χ3n) is 6.08. The summed E-state index contributed by atoms with van der Waals surface area (Å²) in [6, 6.07) is 16.6. The van der Waals surface area contributed by atoms with Gasteiger partial charge in [-0.25, -0.2) is 0 Å². The smallest absolute Gasteiger partial charge is 0.279 e. The van der Waals surface area contributed by atoms with E-state index in [1.807, 2.05) is 75.4 Å². The lowest BCUT2D eigenvalue weighted by Crippen LogP contribution is -2.42. The topological polar surface area (TPSA) is 85.6 Å². The fourth-order valence-corrected chi connectivity index (χ4v) is 4.20. The van der Waals surface area contributed by atoms with Crippen LogP contribution in [-0.2, 0) is 6.54 Å². The number of amides is 1. The highest BCUT2D eigenvalue weighted by molar-refractivity contribution is 5.94. The molecule has 7 nitrogen and oxygen atoms in total. The Morgan fingerprint density at radius 3 is 2.34 bits per heavy atom. The lowest BCUT2D eigenvalue weighted by Gasteiger charge is -2.34. The van der Waals surface area contributed by atoms with Crippen molar-refractivity contribution in [3.05, 3.63) is 104 Å². The van der Waals surface area contributed by atoms with Crippen LogP contribution >= 0.6 is 0 Å². The molecule has 1 unspecified atom stereocenters. The van der Waals surface area contributed by atoms with Gasteiger partial charge in [0, 0.05) is 17.7 Å². The Balaban J connectivity index is 2.21. The molecule has 35 heavy (non-hydrogen) atoms. The van der Waals surface area contributed by atoms with Gasteiger partial charge in [-0.15, -0.1) is 4.98 Å². The lowest BCUT2D eigenvalue weighted by molar-refractivity contribution is 0.0602. The van der Waals surface area contributed by atoms with Gasteiger partial charge in [-0.3, -0.25) is 14.2 Å². The Bertz CT molecular complexity index is 1260. The highest BCUT2D eigenvalue weighted by Crippen LogP contribution is 2.31. The molecule has 1 heterocycles. The van der Waals surface area contributed by atoms with Gasteiger partial charge in [0.25, 0.3) is 11.7 Å². The van der Waals surface area contributed by atoms with Crippen molar-refractivity contribution in [2.75, 3.05) is 13.1 Å². The third kappa shape index (κ3) is 5.84. The maximum absolute atomic E-state index is 13.8. The Labute approximate surface area is 207 Å². The quantitative estimate of drug-likeness (QED) is 0.461. The monoisotopic (exact) mass is 471 g/mol. The van der Waals surface area contributed by atoms with E-state index in [-0.39, 0.29) is 23.2 Å². The molecule has 0 spiro atoms. The van der Waals surface area contributed by atoms with Crippen LogP contribution in [0.25, 0.3) is 4.85 Å². The second kappa shape index (κ2) is 11.6. The van der Waals surface area contributed by atoms with E-state index in [1.54, 1.807) is 16.4 Å². The minimum Gasteiger partial charge on any atom is -0.360 e. The fourth-order valence-electron chi connectivity index (χ4n) is 4.20. The first-order valence-electron chi connectivity index (χ1n) is 11.9. The minimum absolute atomic E-state index is 0.0709. The minimum atomic E-state index is -0.520. The zero-order valence-corrected chi connectivity index (χ0v) is 20.9. The molecule has 3 rings (SSSR count). The molecular formula is C28H33N5O2. The van der Waals surface area contributed by atoms with Crippen molar-refractivity contribution in [2.45, 2.75) is 46.7 Å². The van der Waals surface area contributed by atoms with Gasteiger partial charge in [-0.2, -0.15) is 0 Å². The molecule has 0 aliphatic carbocycles. The molecule has 0 aliphatic heterocycles. The summed E-state index contributed by atoms with van der Waals surface area (Å²) in [7, 11) is 0. The molecule has 0 radical (unpaired) electrons. The summed E-state index contributed by atoms with van der Waals surface area (Å²) in [6.07, 6.45) is 0.602. The fraction of sp³-hybridized carbons (Fsp3) is 0.357. The van der Waals surface area contributed by atoms with Crippen LogP contribution < -0.4 is 11.3 Å². The number of nitrogens with two attached hydrogens (primary N) is 1. The molecule has 0 saturated carbocycles. The largest absolute Gasteiger partial charge is 0.360 e. The van der Waals surface area contributed by atoms with Crippen molar-refractivity contribution in [1.82, 2.24) is 14.5 Å². The standard InChI is InChI=1S/C28H33N5O2/c1-19(2)24(32(17-9-16-29)28(35)23-14-12-20(3)13-15-23)26-31-25(30-5)21(4)27(34)33(26)18-22-10-7-6-8-11-22/h6-8,10-15,19,24H,9,16-18,29H2,1-4H3. The first-order chi connectivity index (χ1) is 16.8. The van der Waals surface area contributed by atoms with Crippen molar-refractivity contribution in [3.63, 3.8) is 0 Å². The van der Waals surface area contributed by atoms with Crippen LogP contribution in [-0.4, -0.2) is 33.4 Å². The third-order valence-corrected chi connectivity index (χ3v) is 6.08. The van der Waals surface area contributed by atoms with Gasteiger partial charge < -0.3 is 15.5 Å². The molecular weight excluding hydrogens is 438 g/mol. The molecule has 1 atom stereocenters. The zero-order valence-electron chi connectivity index (χ0n) is 20.9. The van der Waals surface area contributed by atoms with E-state index in [9.17, 15) is 9.59 Å². The predicted octanol–water partition coefficient (Wildman–Crippen LogP) is 4.65. The average Bonchev–Trinajstić information content (AvgIpc) is 2.86. The van der Waals surface area contributed by atoms with E-state index in [0.29, 0.717) is 43.0 Å². The molecule has 0 aliphatic rings. The van der Waals surface area contributed by atoms with Crippen LogP contribution in [0.5, 0.6) is 0 Å². The van der Waals surface area contributed by atoms with Crippen LogP contribution in [0.2, 0.25) is 0 Å². The summed E-state index contributed by atoms with van der Waals surface area (Å²) in [6.45, 7) is 16.3. The van der Waals surface area contributed by atoms with E-state index in [2.05, 4.69) is 9.83 Å². The van der Waals surface area contributed by atoms with Gasteiger partial charge in [0.2, 0.25) is 11.4 Å². The highest BCUT2D eigenvalue weighted by atomic mass is 16.2. The maximum Gasteiger partial charge on any atom is 0.279 e. The normalized spacial score (nSPS) is 11.8. The molecule has 182 valence electrons. The van der Waals surface area contributed by atoms with Crippen molar-refractivity contribution in [2.24, 2.45) is 11.7 Å². The molecule has 3 aromatic rings. The van der Waals surface area contributed by atoms with Gasteiger partial charge in [0.1, 0.15) is 6.04 Å². The van der Waals surface area contributed by atoms with Crippen molar-refractivity contribution >= 4 is 11.7 Å². The number of rotatable bonds is 9. The maximum atomic E-state index is 13.8. The number of benzene rings is 2. The first-order valence-corrected chi connectivity index (χ1v) is 11.9. The van der Waals surface area contributed by atoms with Crippen molar-refractivity contribution < 1.29 is 4.79 Å². The highest BCUT2D eigenvalue weighted by Gasteiger charge is 2.35. The Morgan fingerprint density at radius 1 is 1.11 bits per heavy atom. The van der Waals surface area contributed by atoms with Crippen molar-refractivity contribution in [3.8, 4) is 0 Å². The van der Waals surface area contributed by atoms with Gasteiger partial charge in [0.05, 0.1) is 6.54 Å². The number of carbonyl (C=O) groups excluding carboxylic acids is 1. The van der Waals surface area contributed by atoms with Crippen LogP contribution in [0.15, 0.2) is 59.4 Å². The van der Waals surface area contributed by atoms with Gasteiger partial charge in [0.15, 0.2) is 0 Å². The summed E-state index contributed by atoms with van der Waals surface area (Å²) in [5.41, 5.74) is 8.43. The number of carbonyl (C=O) groups is 1. The summed E-state index contributed by atoms with van der Waals surface area (Å²) >= 11 is 0. The van der Waals surface area contributed by atoms with Crippen LogP contribution in [0.4, 0.5) is 5.82 Å². The van der Waals surface area contributed by atoms with Crippen molar-refractivity contribution in [1.29, 1.82) is 0 Å². The molecule has 2 aromatic carbocycles. The molecule has 0 bridgehead atoms. The number of aryl methyl sites for hydroxylation is 1. The lowest BCUT2D eigenvalue weighted by atomic mass is 9.98.